The van der Waals surface area contributed by atoms with Crippen LogP contribution in [-0.2, 0) is 9.53 Å². The van der Waals surface area contributed by atoms with Crippen LogP contribution in [0.25, 0.3) is 0 Å². The number of rotatable bonds is 7. The van der Waals surface area contributed by atoms with E-state index in [-0.39, 0.29) is 5.91 Å². The average Bonchev–Trinajstić information content (AvgIpc) is 2.76. The third kappa shape index (κ3) is 7.28. The van der Waals surface area contributed by atoms with Gasteiger partial charge in [-0.3, -0.25) is 4.79 Å². The molecule has 0 aromatic heterocycles. The van der Waals surface area contributed by atoms with E-state index in [1.807, 2.05) is 0 Å². The summed E-state index contributed by atoms with van der Waals surface area (Å²) in [7, 11) is 0. The molecule has 2 saturated carbocycles. The van der Waals surface area contributed by atoms with Crippen LogP contribution in [0.15, 0.2) is 0 Å². The predicted octanol–water partition coefficient (Wildman–Crippen LogP) is 2.76. The number of amides is 1. The minimum Gasteiger partial charge on any atom is -0.377 e. The molecule has 0 bridgehead atoms. The van der Waals surface area contributed by atoms with Gasteiger partial charge in [-0.1, -0.05) is 44.9 Å². The van der Waals surface area contributed by atoms with Gasteiger partial charge in [0.2, 0.25) is 5.91 Å². The van der Waals surface area contributed by atoms with Gasteiger partial charge < -0.3 is 15.4 Å². The Morgan fingerprint density at radius 1 is 0.905 bits per heavy atom. The van der Waals surface area contributed by atoms with E-state index in [4.69, 9.17) is 4.74 Å². The van der Waals surface area contributed by atoms with Crippen molar-refractivity contribution in [3.63, 3.8) is 0 Å². The second-order valence-corrected chi connectivity index (χ2v) is 6.56. The molecule has 2 aliphatic rings. The highest BCUT2D eigenvalue weighted by Crippen LogP contribution is 2.20. The van der Waals surface area contributed by atoms with Crippen LogP contribution < -0.4 is 10.6 Å². The molecule has 0 heterocycles. The Kier molecular flexibility index (Phi) is 8.12. The van der Waals surface area contributed by atoms with Crippen LogP contribution in [0.5, 0.6) is 0 Å². The Morgan fingerprint density at radius 3 is 2.24 bits per heavy atom. The van der Waals surface area contributed by atoms with Crippen molar-refractivity contribution >= 4 is 5.91 Å². The van der Waals surface area contributed by atoms with Crippen molar-refractivity contribution in [1.29, 1.82) is 0 Å². The molecule has 0 aromatic carbocycles. The summed E-state index contributed by atoms with van der Waals surface area (Å²) in [5.41, 5.74) is 0. The van der Waals surface area contributed by atoms with Gasteiger partial charge in [-0.15, -0.1) is 0 Å². The van der Waals surface area contributed by atoms with Gasteiger partial charge in [-0.2, -0.15) is 0 Å². The van der Waals surface area contributed by atoms with E-state index in [0.29, 0.717) is 18.7 Å². The number of nitrogens with one attached hydrogen (secondary N) is 2. The highest BCUT2D eigenvalue weighted by Gasteiger charge is 2.15. The van der Waals surface area contributed by atoms with Crippen LogP contribution >= 0.6 is 0 Å². The van der Waals surface area contributed by atoms with E-state index in [2.05, 4.69) is 10.6 Å². The lowest BCUT2D eigenvalue weighted by Gasteiger charge is -2.22. The molecule has 2 fully saturated rings. The zero-order valence-electron chi connectivity index (χ0n) is 13.4. The third-order valence-electron chi connectivity index (χ3n) is 4.69. The van der Waals surface area contributed by atoms with Crippen molar-refractivity contribution in [3.8, 4) is 0 Å². The molecule has 2 aliphatic carbocycles. The molecule has 21 heavy (non-hydrogen) atoms. The van der Waals surface area contributed by atoms with Crippen molar-refractivity contribution in [2.24, 2.45) is 0 Å². The maximum atomic E-state index is 11.9. The summed E-state index contributed by atoms with van der Waals surface area (Å²) in [6.45, 7) is 1.92. The van der Waals surface area contributed by atoms with Crippen molar-refractivity contribution in [3.05, 3.63) is 0 Å². The van der Waals surface area contributed by atoms with Crippen LogP contribution in [0.3, 0.4) is 0 Å². The number of ether oxygens (including phenoxy) is 1. The number of carbonyl (C=O) groups is 1. The first-order valence-corrected chi connectivity index (χ1v) is 8.96. The third-order valence-corrected chi connectivity index (χ3v) is 4.69. The molecule has 0 aromatic rings. The molecule has 0 aliphatic heterocycles. The van der Waals surface area contributed by atoms with Gasteiger partial charge in [-0.25, -0.2) is 0 Å². The van der Waals surface area contributed by atoms with Gasteiger partial charge in [0.25, 0.3) is 0 Å². The van der Waals surface area contributed by atoms with E-state index in [9.17, 15) is 4.79 Å². The normalized spacial score (nSPS) is 21.9. The molecule has 0 spiro atoms. The van der Waals surface area contributed by atoms with Crippen LogP contribution in [-0.4, -0.2) is 37.7 Å². The summed E-state index contributed by atoms with van der Waals surface area (Å²) in [6.07, 6.45) is 14.3. The van der Waals surface area contributed by atoms with Crippen LogP contribution in [0.1, 0.15) is 70.6 Å². The van der Waals surface area contributed by atoms with Gasteiger partial charge in [0, 0.05) is 12.6 Å². The van der Waals surface area contributed by atoms with Gasteiger partial charge >= 0.3 is 0 Å². The Bertz CT molecular complexity index is 283. The fraction of sp³-hybridized carbons (Fsp3) is 0.941. The average molecular weight is 296 g/mol. The summed E-state index contributed by atoms with van der Waals surface area (Å²) in [4.78, 5) is 11.9. The molecule has 0 radical (unpaired) electrons. The summed E-state index contributed by atoms with van der Waals surface area (Å²) >= 11 is 0. The predicted molar refractivity (Wildman–Crippen MR) is 85.3 cm³/mol. The van der Waals surface area contributed by atoms with Crippen molar-refractivity contribution in [2.45, 2.75) is 82.8 Å². The van der Waals surface area contributed by atoms with Gasteiger partial charge in [0.1, 0.15) is 0 Å². The Balaban J connectivity index is 1.46. The molecule has 122 valence electrons. The lowest BCUT2D eigenvalue weighted by atomic mass is 9.98. The fourth-order valence-electron chi connectivity index (χ4n) is 3.43. The first-order chi connectivity index (χ1) is 10.3. The van der Waals surface area contributed by atoms with Crippen LogP contribution in [0.2, 0.25) is 0 Å². The standard InChI is InChI=1S/C17H32N2O2/c20-17(19-15-8-4-1-2-5-9-15)14-18-12-13-21-16-10-6-3-7-11-16/h15-16,18H,1-14H2,(H,19,20). The Hall–Kier alpha value is -0.610. The van der Waals surface area contributed by atoms with E-state index in [1.54, 1.807) is 0 Å². The van der Waals surface area contributed by atoms with Crippen molar-refractivity contribution in [1.82, 2.24) is 10.6 Å². The van der Waals surface area contributed by atoms with Crippen LogP contribution in [0.4, 0.5) is 0 Å². The number of hydrogen-bond donors (Lipinski definition) is 2. The van der Waals surface area contributed by atoms with E-state index in [1.165, 1.54) is 57.8 Å². The lowest BCUT2D eigenvalue weighted by Crippen LogP contribution is -2.41. The molecule has 4 nitrogen and oxygen atoms in total. The molecule has 0 saturated heterocycles. The fourth-order valence-corrected chi connectivity index (χ4v) is 3.43. The monoisotopic (exact) mass is 296 g/mol. The van der Waals surface area contributed by atoms with Gasteiger partial charge in [0.05, 0.1) is 19.3 Å². The zero-order chi connectivity index (χ0) is 14.8. The molecular weight excluding hydrogens is 264 g/mol. The Morgan fingerprint density at radius 2 is 1.52 bits per heavy atom. The first-order valence-electron chi connectivity index (χ1n) is 8.96. The largest absolute Gasteiger partial charge is 0.377 e. The molecule has 1 amide bonds. The topological polar surface area (TPSA) is 50.4 Å². The van der Waals surface area contributed by atoms with E-state index >= 15 is 0 Å². The Labute approximate surface area is 129 Å². The highest BCUT2D eigenvalue weighted by atomic mass is 16.5. The minimum atomic E-state index is 0.138. The number of hydrogen-bond acceptors (Lipinski definition) is 3. The first kappa shape index (κ1) is 16.8. The SMILES string of the molecule is O=C(CNCCOC1CCCCC1)NC1CCCCCC1. The summed E-state index contributed by atoms with van der Waals surface area (Å²) in [5.74, 6) is 0.138. The van der Waals surface area contributed by atoms with E-state index in [0.717, 1.165) is 26.0 Å². The molecule has 0 unspecified atom stereocenters. The van der Waals surface area contributed by atoms with Crippen molar-refractivity contribution in [2.75, 3.05) is 19.7 Å². The lowest BCUT2D eigenvalue weighted by molar-refractivity contribution is -0.121. The van der Waals surface area contributed by atoms with E-state index < -0.39 is 0 Å². The smallest absolute Gasteiger partial charge is 0.234 e. The summed E-state index contributed by atoms with van der Waals surface area (Å²) in [6, 6.07) is 0.403. The van der Waals surface area contributed by atoms with Crippen LogP contribution in [0, 0.1) is 0 Å². The quantitative estimate of drug-likeness (QED) is 0.561. The van der Waals surface area contributed by atoms with Gasteiger partial charge in [0.15, 0.2) is 0 Å². The molecule has 4 heteroatoms. The number of carbonyl (C=O) groups excluding carboxylic acids is 1. The second-order valence-electron chi connectivity index (χ2n) is 6.56. The van der Waals surface area contributed by atoms with Crippen molar-refractivity contribution < 1.29 is 9.53 Å². The maximum absolute atomic E-state index is 11.9. The minimum absolute atomic E-state index is 0.138. The highest BCUT2D eigenvalue weighted by molar-refractivity contribution is 5.78. The maximum Gasteiger partial charge on any atom is 0.234 e. The molecule has 0 atom stereocenters. The summed E-state index contributed by atoms with van der Waals surface area (Å²) < 4.78 is 5.84. The second kappa shape index (κ2) is 10.2. The van der Waals surface area contributed by atoms with Gasteiger partial charge in [-0.05, 0) is 25.7 Å². The zero-order valence-corrected chi connectivity index (χ0v) is 13.4. The summed E-state index contributed by atoms with van der Waals surface area (Å²) in [5, 5.41) is 6.35. The molecule has 2 N–H and O–H groups in total. The molecule has 2 rings (SSSR count). The molecular formula is C17H32N2O2.